The molecule has 1 saturated heterocycles. The SMILES string of the molecule is COC(=O)c1c(N)c(C#N)cn1-c1ccc(N2CC(C)CC(C)C2)c(Cl)c1. The average Bonchev–Trinajstić information content (AvgIpc) is 2.96. The van der Waals surface area contributed by atoms with Crippen molar-refractivity contribution >= 4 is 28.9 Å². The number of nitriles is 1. The van der Waals surface area contributed by atoms with Crippen molar-refractivity contribution in [1.82, 2.24) is 4.57 Å². The molecule has 2 aromatic rings. The van der Waals surface area contributed by atoms with Crippen molar-refractivity contribution < 1.29 is 9.53 Å². The lowest BCUT2D eigenvalue weighted by atomic mass is 9.91. The molecule has 1 aromatic carbocycles. The maximum atomic E-state index is 12.2. The molecule has 0 aliphatic carbocycles. The van der Waals surface area contributed by atoms with E-state index in [1.807, 2.05) is 18.2 Å². The molecule has 2 unspecified atom stereocenters. The van der Waals surface area contributed by atoms with Gasteiger partial charge in [-0.25, -0.2) is 4.79 Å². The van der Waals surface area contributed by atoms with Crippen LogP contribution in [-0.2, 0) is 4.74 Å². The van der Waals surface area contributed by atoms with Crippen LogP contribution in [0.25, 0.3) is 5.69 Å². The predicted molar refractivity (Wildman–Crippen MR) is 106 cm³/mol. The number of nitrogens with two attached hydrogens (primary N) is 1. The van der Waals surface area contributed by atoms with E-state index < -0.39 is 5.97 Å². The van der Waals surface area contributed by atoms with Gasteiger partial charge in [0.1, 0.15) is 6.07 Å². The van der Waals surface area contributed by atoms with Crippen molar-refractivity contribution in [3.63, 3.8) is 0 Å². The van der Waals surface area contributed by atoms with Crippen LogP contribution in [0.1, 0.15) is 36.3 Å². The molecule has 1 aliphatic heterocycles. The van der Waals surface area contributed by atoms with Crippen molar-refractivity contribution in [2.75, 3.05) is 30.8 Å². The summed E-state index contributed by atoms with van der Waals surface area (Å²) in [6.45, 7) is 6.43. The van der Waals surface area contributed by atoms with Gasteiger partial charge >= 0.3 is 5.97 Å². The van der Waals surface area contributed by atoms with Gasteiger partial charge in [0.05, 0.1) is 29.1 Å². The Morgan fingerprint density at radius 1 is 1.33 bits per heavy atom. The Bertz CT molecular complexity index is 905. The molecule has 27 heavy (non-hydrogen) atoms. The summed E-state index contributed by atoms with van der Waals surface area (Å²) in [4.78, 5) is 14.5. The first-order valence-corrected chi connectivity index (χ1v) is 9.27. The summed E-state index contributed by atoms with van der Waals surface area (Å²) in [7, 11) is 1.28. The monoisotopic (exact) mass is 386 g/mol. The topological polar surface area (TPSA) is 84.3 Å². The second-order valence-electron chi connectivity index (χ2n) is 7.27. The minimum Gasteiger partial charge on any atom is -0.464 e. The number of piperidine rings is 1. The molecule has 3 rings (SSSR count). The highest BCUT2D eigenvalue weighted by Gasteiger charge is 2.25. The second-order valence-corrected chi connectivity index (χ2v) is 7.67. The van der Waals surface area contributed by atoms with Gasteiger partial charge in [-0.1, -0.05) is 25.4 Å². The first kappa shape index (κ1) is 19.1. The maximum Gasteiger partial charge on any atom is 0.357 e. The summed E-state index contributed by atoms with van der Waals surface area (Å²) in [6.07, 6.45) is 2.74. The number of halogens is 1. The highest BCUT2D eigenvalue weighted by atomic mass is 35.5. The molecule has 1 aliphatic rings. The molecule has 1 fully saturated rings. The van der Waals surface area contributed by atoms with Gasteiger partial charge in [-0.15, -0.1) is 0 Å². The number of nitrogen functional groups attached to an aromatic ring is 1. The number of hydrogen-bond donors (Lipinski definition) is 1. The molecule has 0 spiro atoms. The fourth-order valence-electron chi connectivity index (χ4n) is 3.88. The average molecular weight is 387 g/mol. The third kappa shape index (κ3) is 3.60. The van der Waals surface area contributed by atoms with Crippen LogP contribution >= 0.6 is 11.6 Å². The molecule has 142 valence electrons. The number of methoxy groups -OCH3 is 1. The number of esters is 1. The summed E-state index contributed by atoms with van der Waals surface area (Å²) in [6, 6.07) is 7.61. The van der Waals surface area contributed by atoms with Crippen molar-refractivity contribution in [3.05, 3.63) is 40.7 Å². The highest BCUT2D eigenvalue weighted by molar-refractivity contribution is 6.33. The quantitative estimate of drug-likeness (QED) is 0.810. The standard InChI is InChI=1S/C20H23ClN4O2/c1-12-6-13(2)10-24(9-12)17-5-4-15(7-16(17)21)25-11-14(8-22)18(23)19(25)20(26)27-3/h4-5,7,11-13H,6,9-10,23H2,1-3H3. The number of carbonyl (C=O) groups excluding carboxylic acids is 1. The molecular weight excluding hydrogens is 364 g/mol. The van der Waals surface area contributed by atoms with Crippen LogP contribution in [-0.4, -0.2) is 30.7 Å². The minimum absolute atomic E-state index is 0.100. The molecule has 0 radical (unpaired) electrons. The Morgan fingerprint density at radius 3 is 2.56 bits per heavy atom. The van der Waals surface area contributed by atoms with E-state index in [4.69, 9.17) is 22.1 Å². The fraction of sp³-hybridized carbons (Fsp3) is 0.400. The molecule has 0 bridgehead atoms. The van der Waals surface area contributed by atoms with Gasteiger partial charge < -0.3 is 19.9 Å². The van der Waals surface area contributed by atoms with Gasteiger partial charge in [-0.2, -0.15) is 5.26 Å². The molecule has 0 saturated carbocycles. The molecule has 7 heteroatoms. The van der Waals surface area contributed by atoms with E-state index in [-0.39, 0.29) is 16.9 Å². The van der Waals surface area contributed by atoms with Gasteiger partial charge in [0.2, 0.25) is 0 Å². The number of carbonyl (C=O) groups is 1. The molecule has 1 aromatic heterocycles. The second kappa shape index (κ2) is 7.53. The predicted octanol–water partition coefficient (Wildman–Crippen LogP) is 3.85. The first-order chi connectivity index (χ1) is 12.8. The zero-order chi connectivity index (χ0) is 19.7. The third-order valence-electron chi connectivity index (χ3n) is 4.96. The molecular formula is C20H23ClN4O2. The first-order valence-electron chi connectivity index (χ1n) is 8.89. The molecule has 2 N–H and O–H groups in total. The van der Waals surface area contributed by atoms with Crippen molar-refractivity contribution in [2.45, 2.75) is 20.3 Å². The fourth-order valence-corrected chi connectivity index (χ4v) is 4.17. The van der Waals surface area contributed by atoms with Gasteiger partial charge in [0.15, 0.2) is 5.69 Å². The lowest BCUT2D eigenvalue weighted by Gasteiger charge is -2.37. The molecule has 0 amide bonds. The highest BCUT2D eigenvalue weighted by Crippen LogP contribution is 2.34. The summed E-state index contributed by atoms with van der Waals surface area (Å²) < 4.78 is 6.37. The third-order valence-corrected chi connectivity index (χ3v) is 5.27. The minimum atomic E-state index is -0.604. The van der Waals surface area contributed by atoms with E-state index in [0.29, 0.717) is 22.5 Å². The van der Waals surface area contributed by atoms with E-state index in [1.165, 1.54) is 19.7 Å². The summed E-state index contributed by atoms with van der Waals surface area (Å²) in [5.74, 6) is 0.614. The lowest BCUT2D eigenvalue weighted by Crippen LogP contribution is -2.38. The Balaban J connectivity index is 2.02. The Kier molecular flexibility index (Phi) is 5.33. The van der Waals surface area contributed by atoms with Crippen LogP contribution in [0.3, 0.4) is 0 Å². The normalized spacial score (nSPS) is 19.6. The van der Waals surface area contributed by atoms with Gasteiger partial charge in [-0.3, -0.25) is 0 Å². The van der Waals surface area contributed by atoms with Gasteiger partial charge in [-0.05, 0) is 36.5 Å². The van der Waals surface area contributed by atoms with E-state index in [0.717, 1.165) is 18.8 Å². The van der Waals surface area contributed by atoms with Crippen LogP contribution in [0.5, 0.6) is 0 Å². The summed E-state index contributed by atoms with van der Waals surface area (Å²) in [5, 5.41) is 9.84. The molecule has 2 atom stereocenters. The van der Waals surface area contributed by atoms with E-state index in [1.54, 1.807) is 10.6 Å². The lowest BCUT2D eigenvalue weighted by molar-refractivity contribution is 0.0593. The van der Waals surface area contributed by atoms with Crippen LogP contribution in [0, 0.1) is 23.2 Å². The van der Waals surface area contributed by atoms with Crippen molar-refractivity contribution in [2.24, 2.45) is 11.8 Å². The van der Waals surface area contributed by atoms with Crippen LogP contribution in [0.4, 0.5) is 11.4 Å². The smallest absolute Gasteiger partial charge is 0.357 e. The largest absolute Gasteiger partial charge is 0.464 e. The number of benzene rings is 1. The number of aromatic nitrogens is 1. The number of rotatable bonds is 3. The van der Waals surface area contributed by atoms with Gasteiger partial charge in [0.25, 0.3) is 0 Å². The van der Waals surface area contributed by atoms with Crippen LogP contribution < -0.4 is 10.6 Å². The van der Waals surface area contributed by atoms with E-state index in [2.05, 4.69) is 18.7 Å². The number of ether oxygens (including phenoxy) is 1. The van der Waals surface area contributed by atoms with Crippen molar-refractivity contribution in [1.29, 1.82) is 5.26 Å². The number of anilines is 2. The Labute approximate surface area is 164 Å². The Morgan fingerprint density at radius 2 is 2.00 bits per heavy atom. The van der Waals surface area contributed by atoms with E-state index >= 15 is 0 Å². The molecule has 2 heterocycles. The Hall–Kier alpha value is -2.65. The summed E-state index contributed by atoms with van der Waals surface area (Å²) >= 11 is 6.59. The zero-order valence-electron chi connectivity index (χ0n) is 15.7. The number of hydrogen-bond acceptors (Lipinski definition) is 5. The molecule has 6 nitrogen and oxygen atoms in total. The van der Waals surface area contributed by atoms with E-state index in [9.17, 15) is 10.1 Å². The van der Waals surface area contributed by atoms with Gasteiger partial charge in [0, 0.05) is 25.0 Å². The van der Waals surface area contributed by atoms with Crippen LogP contribution in [0.2, 0.25) is 5.02 Å². The van der Waals surface area contributed by atoms with Crippen LogP contribution in [0.15, 0.2) is 24.4 Å². The summed E-state index contributed by atoms with van der Waals surface area (Å²) in [5.41, 5.74) is 8.02. The zero-order valence-corrected chi connectivity index (χ0v) is 16.5. The maximum absolute atomic E-state index is 12.2. The van der Waals surface area contributed by atoms with Crippen molar-refractivity contribution in [3.8, 4) is 11.8 Å². The number of nitrogens with zero attached hydrogens (tertiary/aromatic N) is 3.